The minimum absolute atomic E-state index is 0.190. The van der Waals surface area contributed by atoms with Crippen LogP contribution in [0.4, 0.5) is 19.0 Å². The maximum atomic E-state index is 12.4. The molecule has 1 aliphatic rings. The van der Waals surface area contributed by atoms with E-state index >= 15 is 0 Å². The van der Waals surface area contributed by atoms with Gasteiger partial charge in [-0.3, -0.25) is 4.79 Å². The molecule has 4 rings (SSSR count). The number of aromatic nitrogens is 5. The zero-order valence-corrected chi connectivity index (χ0v) is 16.9. The van der Waals surface area contributed by atoms with Crippen molar-refractivity contribution in [3.05, 3.63) is 24.8 Å². The zero-order chi connectivity index (χ0) is 22.7. The summed E-state index contributed by atoms with van der Waals surface area (Å²) in [6, 6.07) is 0.495. The number of nitrogens with zero attached hydrogens (tertiary/aromatic N) is 4. The van der Waals surface area contributed by atoms with Gasteiger partial charge >= 0.3 is 6.18 Å². The maximum absolute atomic E-state index is 12.4. The monoisotopic (exact) mass is 451 g/mol. The normalized spacial score (nSPS) is 17.3. The molecule has 1 saturated heterocycles. The Kier molecular flexibility index (Phi) is 6.08. The van der Waals surface area contributed by atoms with Crippen LogP contribution in [0, 0.1) is 0 Å². The van der Waals surface area contributed by atoms with E-state index in [1.54, 1.807) is 12.4 Å². The summed E-state index contributed by atoms with van der Waals surface area (Å²) < 4.78 is 48.4. The number of nitrogens with one attached hydrogen (secondary N) is 3. The fraction of sp³-hybridized carbons (Fsp3) is 0.421. The maximum Gasteiger partial charge on any atom is 0.405 e. The van der Waals surface area contributed by atoms with E-state index in [2.05, 4.69) is 30.2 Å². The van der Waals surface area contributed by atoms with Crippen molar-refractivity contribution in [3.63, 3.8) is 0 Å². The SMILES string of the molecule is C[C@H](Nc1cc(OC2CCOC2)nc(-c2c[nH]c3ncncc23)n1)C(=O)NCC(F)(F)F. The smallest absolute Gasteiger partial charge is 0.405 e. The van der Waals surface area contributed by atoms with Gasteiger partial charge in [-0.05, 0) is 6.92 Å². The Bertz CT molecular complexity index is 1100. The van der Waals surface area contributed by atoms with E-state index in [0.29, 0.717) is 36.2 Å². The fourth-order valence-corrected chi connectivity index (χ4v) is 3.13. The van der Waals surface area contributed by atoms with Crippen molar-refractivity contribution in [2.45, 2.75) is 31.7 Å². The number of hydrogen-bond acceptors (Lipinski definition) is 8. The number of H-pyrrole nitrogens is 1. The number of fused-ring (bicyclic) bond motifs is 1. The second kappa shape index (κ2) is 8.94. The van der Waals surface area contributed by atoms with Crippen LogP contribution in [-0.4, -0.2) is 68.9 Å². The molecule has 2 atom stereocenters. The summed E-state index contributed by atoms with van der Waals surface area (Å²) in [7, 11) is 0. The molecular formula is C19H20F3N7O3. The molecule has 170 valence electrons. The number of carbonyl (C=O) groups is 1. The van der Waals surface area contributed by atoms with Crippen molar-refractivity contribution in [3.8, 4) is 17.3 Å². The van der Waals surface area contributed by atoms with Crippen molar-refractivity contribution in [2.75, 3.05) is 25.1 Å². The van der Waals surface area contributed by atoms with Gasteiger partial charge in [0.25, 0.3) is 0 Å². The van der Waals surface area contributed by atoms with E-state index in [1.807, 2.05) is 5.32 Å². The number of aromatic amines is 1. The Balaban J connectivity index is 1.60. The van der Waals surface area contributed by atoms with Crippen molar-refractivity contribution in [1.29, 1.82) is 0 Å². The van der Waals surface area contributed by atoms with E-state index in [9.17, 15) is 18.0 Å². The summed E-state index contributed by atoms with van der Waals surface area (Å²) >= 11 is 0. The van der Waals surface area contributed by atoms with Gasteiger partial charge in [0.2, 0.25) is 11.8 Å². The summed E-state index contributed by atoms with van der Waals surface area (Å²) in [5, 5.41) is 5.33. The third-order valence-corrected chi connectivity index (χ3v) is 4.70. The van der Waals surface area contributed by atoms with E-state index in [1.165, 1.54) is 19.3 Å². The lowest BCUT2D eigenvalue weighted by Crippen LogP contribution is -2.42. The van der Waals surface area contributed by atoms with Crippen LogP contribution in [0.15, 0.2) is 24.8 Å². The first-order chi connectivity index (χ1) is 15.3. The molecule has 1 unspecified atom stereocenters. The van der Waals surface area contributed by atoms with Crippen LogP contribution >= 0.6 is 0 Å². The largest absolute Gasteiger partial charge is 0.472 e. The summed E-state index contributed by atoms with van der Waals surface area (Å²) in [6.07, 6.45) is 0.677. The molecule has 3 aromatic heterocycles. The summed E-state index contributed by atoms with van der Waals surface area (Å²) in [5.74, 6) is -0.102. The first-order valence-corrected chi connectivity index (χ1v) is 9.80. The van der Waals surface area contributed by atoms with Crippen LogP contribution < -0.4 is 15.4 Å². The molecule has 32 heavy (non-hydrogen) atoms. The highest BCUT2D eigenvalue weighted by Crippen LogP contribution is 2.28. The van der Waals surface area contributed by atoms with Crippen LogP contribution in [0.5, 0.6) is 5.88 Å². The first kappa shape index (κ1) is 21.7. The van der Waals surface area contributed by atoms with Crippen molar-refractivity contribution < 1.29 is 27.4 Å². The number of amides is 1. The Morgan fingerprint density at radius 3 is 3.00 bits per heavy atom. The zero-order valence-electron chi connectivity index (χ0n) is 16.9. The molecule has 4 heterocycles. The third-order valence-electron chi connectivity index (χ3n) is 4.70. The molecule has 1 amide bonds. The number of ether oxygens (including phenoxy) is 2. The van der Waals surface area contributed by atoms with Gasteiger partial charge in [-0.25, -0.2) is 15.0 Å². The molecule has 0 radical (unpaired) electrons. The summed E-state index contributed by atoms with van der Waals surface area (Å²) in [4.78, 5) is 32.1. The molecule has 10 nitrogen and oxygen atoms in total. The highest BCUT2D eigenvalue weighted by atomic mass is 19.4. The van der Waals surface area contributed by atoms with Crippen molar-refractivity contribution >= 4 is 22.8 Å². The van der Waals surface area contributed by atoms with Crippen LogP contribution in [0.3, 0.4) is 0 Å². The van der Waals surface area contributed by atoms with Gasteiger partial charge in [-0.2, -0.15) is 18.2 Å². The predicted molar refractivity (Wildman–Crippen MR) is 107 cm³/mol. The Morgan fingerprint density at radius 2 is 2.25 bits per heavy atom. The number of hydrogen-bond donors (Lipinski definition) is 3. The lowest BCUT2D eigenvalue weighted by atomic mass is 10.2. The minimum Gasteiger partial charge on any atom is -0.472 e. The topological polar surface area (TPSA) is 127 Å². The second-order valence-electron chi connectivity index (χ2n) is 7.20. The standard InChI is InChI=1S/C19H20F3N7O3/c1-10(18(30)25-8-19(20,21)22)27-14-4-15(32-11-2-3-31-7-11)29-17(28-14)13-6-24-16-12(13)5-23-9-26-16/h4-6,9-11H,2-3,7-8H2,1H3,(H,25,30)(H,23,24,26)(H,27,28,29)/t10-,11?/m0/s1. The van der Waals surface area contributed by atoms with Crippen LogP contribution in [0.2, 0.25) is 0 Å². The molecule has 1 fully saturated rings. The van der Waals surface area contributed by atoms with Crippen molar-refractivity contribution in [1.82, 2.24) is 30.2 Å². The lowest BCUT2D eigenvalue weighted by molar-refractivity contribution is -0.138. The molecule has 3 N–H and O–H groups in total. The van der Waals surface area contributed by atoms with Gasteiger partial charge in [0.1, 0.15) is 36.5 Å². The van der Waals surface area contributed by atoms with E-state index < -0.39 is 24.7 Å². The molecule has 13 heteroatoms. The quantitative estimate of drug-likeness (QED) is 0.498. The number of carbonyl (C=O) groups excluding carboxylic acids is 1. The van der Waals surface area contributed by atoms with Gasteiger partial charge in [-0.15, -0.1) is 0 Å². The van der Waals surface area contributed by atoms with Gasteiger partial charge < -0.3 is 25.1 Å². The van der Waals surface area contributed by atoms with Gasteiger partial charge in [-0.1, -0.05) is 0 Å². The minimum atomic E-state index is -4.50. The van der Waals surface area contributed by atoms with Gasteiger partial charge in [0, 0.05) is 35.8 Å². The molecular weight excluding hydrogens is 431 g/mol. The van der Waals surface area contributed by atoms with E-state index in [4.69, 9.17) is 9.47 Å². The molecule has 0 spiro atoms. The molecule has 3 aromatic rings. The Hall–Kier alpha value is -3.48. The van der Waals surface area contributed by atoms with Crippen molar-refractivity contribution in [2.24, 2.45) is 0 Å². The average molecular weight is 451 g/mol. The number of anilines is 1. The Labute approximate surface area is 180 Å². The Morgan fingerprint density at radius 1 is 1.41 bits per heavy atom. The van der Waals surface area contributed by atoms with E-state index in [0.717, 1.165) is 0 Å². The lowest BCUT2D eigenvalue weighted by Gasteiger charge is -2.17. The number of halogens is 3. The van der Waals surface area contributed by atoms with Crippen LogP contribution in [-0.2, 0) is 9.53 Å². The second-order valence-corrected chi connectivity index (χ2v) is 7.20. The molecule has 0 aromatic carbocycles. The molecule has 0 bridgehead atoms. The van der Waals surface area contributed by atoms with Crippen LogP contribution in [0.25, 0.3) is 22.4 Å². The molecule has 1 aliphatic heterocycles. The fourth-order valence-electron chi connectivity index (χ4n) is 3.13. The number of alkyl halides is 3. The third kappa shape index (κ3) is 5.22. The molecule has 0 saturated carbocycles. The highest BCUT2D eigenvalue weighted by Gasteiger charge is 2.29. The number of rotatable bonds is 7. The summed E-state index contributed by atoms with van der Waals surface area (Å²) in [5.41, 5.74) is 1.19. The van der Waals surface area contributed by atoms with Crippen LogP contribution in [0.1, 0.15) is 13.3 Å². The highest BCUT2D eigenvalue weighted by molar-refractivity contribution is 5.91. The van der Waals surface area contributed by atoms with Gasteiger partial charge in [0.05, 0.1) is 13.2 Å². The van der Waals surface area contributed by atoms with E-state index in [-0.39, 0.29) is 23.6 Å². The van der Waals surface area contributed by atoms with Gasteiger partial charge in [0.15, 0.2) is 5.82 Å². The predicted octanol–water partition coefficient (Wildman–Crippen LogP) is 2.06. The summed E-state index contributed by atoms with van der Waals surface area (Å²) in [6.45, 7) is 1.000. The average Bonchev–Trinajstić information content (AvgIpc) is 3.41. The molecule has 0 aliphatic carbocycles. The first-order valence-electron chi connectivity index (χ1n) is 9.80.